The zero-order chi connectivity index (χ0) is 17.5. The van der Waals surface area contributed by atoms with Crippen molar-refractivity contribution >= 4 is 28.3 Å². The average Bonchev–Trinajstić information content (AvgIpc) is 2.66. The highest BCUT2D eigenvalue weighted by Crippen LogP contribution is 2.21. The van der Waals surface area contributed by atoms with E-state index in [2.05, 4.69) is 20.6 Å². The maximum absolute atomic E-state index is 12.5. The van der Waals surface area contributed by atoms with E-state index in [1.54, 1.807) is 31.6 Å². The highest BCUT2D eigenvalue weighted by atomic mass is 16.5. The molecule has 2 heterocycles. The molecule has 6 nitrogen and oxygen atoms in total. The molecule has 0 bridgehead atoms. The number of benzene rings is 1. The van der Waals surface area contributed by atoms with Gasteiger partial charge < -0.3 is 15.4 Å². The molecular formula is C19H20N4O2. The lowest BCUT2D eigenvalue weighted by atomic mass is 10.2. The van der Waals surface area contributed by atoms with Gasteiger partial charge >= 0.3 is 0 Å². The summed E-state index contributed by atoms with van der Waals surface area (Å²) in [6, 6.07) is 13.1. The fraction of sp³-hybridized carbons (Fsp3) is 0.211. The van der Waals surface area contributed by atoms with Gasteiger partial charge in [0.1, 0.15) is 5.82 Å². The van der Waals surface area contributed by atoms with Crippen molar-refractivity contribution in [1.29, 1.82) is 0 Å². The van der Waals surface area contributed by atoms with Crippen molar-refractivity contribution < 1.29 is 9.53 Å². The van der Waals surface area contributed by atoms with E-state index >= 15 is 0 Å². The number of methoxy groups -OCH3 is 1. The molecule has 0 radical (unpaired) electrons. The minimum atomic E-state index is -0.211. The quantitative estimate of drug-likeness (QED) is 0.647. The zero-order valence-electron chi connectivity index (χ0n) is 14.0. The first kappa shape index (κ1) is 16.9. The van der Waals surface area contributed by atoms with Crippen LogP contribution in [0, 0.1) is 0 Å². The Morgan fingerprint density at radius 3 is 2.80 bits per heavy atom. The van der Waals surface area contributed by atoms with Crippen LogP contribution in [0.2, 0.25) is 0 Å². The number of para-hydroxylation sites is 1. The van der Waals surface area contributed by atoms with Crippen LogP contribution in [0.15, 0.2) is 54.9 Å². The molecule has 2 N–H and O–H groups in total. The molecule has 0 spiro atoms. The van der Waals surface area contributed by atoms with Gasteiger partial charge in [-0.2, -0.15) is 0 Å². The molecule has 6 heteroatoms. The van der Waals surface area contributed by atoms with Gasteiger partial charge in [0, 0.05) is 38.0 Å². The number of carbonyl (C=O) groups is 1. The molecule has 1 amide bonds. The van der Waals surface area contributed by atoms with Crippen molar-refractivity contribution in [2.45, 2.75) is 6.42 Å². The van der Waals surface area contributed by atoms with Gasteiger partial charge in [-0.3, -0.25) is 9.78 Å². The molecular weight excluding hydrogens is 316 g/mol. The molecule has 0 saturated carbocycles. The Balaban J connectivity index is 1.66. The lowest BCUT2D eigenvalue weighted by Crippen LogP contribution is -2.13. The fourth-order valence-electron chi connectivity index (χ4n) is 2.47. The molecule has 0 fully saturated rings. The fourth-order valence-corrected chi connectivity index (χ4v) is 2.47. The van der Waals surface area contributed by atoms with E-state index in [-0.39, 0.29) is 5.91 Å². The molecule has 1 aromatic carbocycles. The lowest BCUT2D eigenvalue weighted by molar-refractivity contribution is 0.102. The molecule has 3 aromatic rings. The Kier molecular flexibility index (Phi) is 5.53. The Morgan fingerprint density at radius 2 is 2.00 bits per heavy atom. The predicted octanol–water partition coefficient (Wildman–Crippen LogP) is 3.33. The monoisotopic (exact) mass is 336 g/mol. The van der Waals surface area contributed by atoms with E-state index < -0.39 is 0 Å². The van der Waals surface area contributed by atoms with Crippen molar-refractivity contribution in [2.75, 3.05) is 30.9 Å². The second kappa shape index (κ2) is 8.21. The summed E-state index contributed by atoms with van der Waals surface area (Å²) in [5, 5.41) is 7.07. The van der Waals surface area contributed by atoms with Crippen LogP contribution in [0.3, 0.4) is 0 Å². The number of hydrogen-bond donors (Lipinski definition) is 2. The van der Waals surface area contributed by atoms with Gasteiger partial charge in [-0.25, -0.2) is 4.98 Å². The van der Waals surface area contributed by atoms with Crippen molar-refractivity contribution in [3.8, 4) is 0 Å². The van der Waals surface area contributed by atoms with Gasteiger partial charge in [0.25, 0.3) is 5.91 Å². The largest absolute Gasteiger partial charge is 0.385 e. The number of fused-ring (bicyclic) bond motifs is 1. The van der Waals surface area contributed by atoms with Crippen LogP contribution in [-0.2, 0) is 4.74 Å². The van der Waals surface area contributed by atoms with E-state index in [1.165, 1.54) is 0 Å². The molecule has 0 saturated heterocycles. The van der Waals surface area contributed by atoms with Crippen molar-refractivity contribution in [3.63, 3.8) is 0 Å². The Labute approximate surface area is 146 Å². The van der Waals surface area contributed by atoms with Crippen LogP contribution in [0.1, 0.15) is 16.8 Å². The van der Waals surface area contributed by atoms with E-state index in [4.69, 9.17) is 4.74 Å². The predicted molar refractivity (Wildman–Crippen MR) is 98.9 cm³/mol. The Hall–Kier alpha value is -2.99. The smallest absolute Gasteiger partial charge is 0.257 e. The summed E-state index contributed by atoms with van der Waals surface area (Å²) in [5.74, 6) is 0.524. The van der Waals surface area contributed by atoms with Gasteiger partial charge in [0.2, 0.25) is 0 Å². The van der Waals surface area contributed by atoms with Crippen molar-refractivity contribution in [3.05, 3.63) is 60.4 Å². The lowest BCUT2D eigenvalue weighted by Gasteiger charge is -2.09. The SMILES string of the molecule is COCCCNc1ccc(C(=O)Nc2cccc3cccnc23)cn1. The second-order valence-corrected chi connectivity index (χ2v) is 5.54. The van der Waals surface area contributed by atoms with Gasteiger partial charge in [-0.05, 0) is 30.7 Å². The standard InChI is InChI=1S/C19H20N4O2/c1-25-12-4-11-20-17-9-8-15(13-22-17)19(24)23-16-7-2-5-14-6-3-10-21-18(14)16/h2-3,5-10,13H,4,11-12H2,1H3,(H,20,22)(H,23,24). The van der Waals surface area contributed by atoms with Crippen molar-refractivity contribution in [2.24, 2.45) is 0 Å². The number of pyridine rings is 2. The average molecular weight is 336 g/mol. The van der Waals surface area contributed by atoms with Crippen LogP contribution >= 0.6 is 0 Å². The summed E-state index contributed by atoms with van der Waals surface area (Å²) < 4.78 is 5.00. The summed E-state index contributed by atoms with van der Waals surface area (Å²) in [4.78, 5) is 21.1. The molecule has 0 aliphatic heterocycles. The summed E-state index contributed by atoms with van der Waals surface area (Å²) in [7, 11) is 1.68. The number of ether oxygens (including phenoxy) is 1. The molecule has 25 heavy (non-hydrogen) atoms. The first-order chi connectivity index (χ1) is 12.3. The van der Waals surface area contributed by atoms with Gasteiger partial charge in [0.05, 0.1) is 16.8 Å². The van der Waals surface area contributed by atoms with Crippen LogP contribution in [0.25, 0.3) is 10.9 Å². The Bertz CT molecular complexity index is 844. The molecule has 0 aliphatic carbocycles. The topological polar surface area (TPSA) is 76.1 Å². The van der Waals surface area contributed by atoms with Gasteiger partial charge in [0.15, 0.2) is 0 Å². The van der Waals surface area contributed by atoms with E-state index in [1.807, 2.05) is 30.3 Å². The number of rotatable bonds is 7. The summed E-state index contributed by atoms with van der Waals surface area (Å²) >= 11 is 0. The second-order valence-electron chi connectivity index (χ2n) is 5.54. The molecule has 0 unspecified atom stereocenters. The minimum Gasteiger partial charge on any atom is -0.385 e. The number of carbonyl (C=O) groups excluding carboxylic acids is 1. The maximum Gasteiger partial charge on any atom is 0.257 e. The molecule has 2 aromatic heterocycles. The van der Waals surface area contributed by atoms with E-state index in [0.717, 1.165) is 29.7 Å². The zero-order valence-corrected chi connectivity index (χ0v) is 14.0. The van der Waals surface area contributed by atoms with E-state index in [9.17, 15) is 4.79 Å². The van der Waals surface area contributed by atoms with Gasteiger partial charge in [-0.1, -0.05) is 18.2 Å². The van der Waals surface area contributed by atoms with Crippen LogP contribution in [0.4, 0.5) is 11.5 Å². The minimum absolute atomic E-state index is 0.211. The number of aromatic nitrogens is 2. The number of hydrogen-bond acceptors (Lipinski definition) is 5. The van der Waals surface area contributed by atoms with Crippen LogP contribution in [0.5, 0.6) is 0 Å². The highest BCUT2D eigenvalue weighted by Gasteiger charge is 2.09. The van der Waals surface area contributed by atoms with Gasteiger partial charge in [-0.15, -0.1) is 0 Å². The summed E-state index contributed by atoms with van der Waals surface area (Å²) in [6.07, 6.45) is 4.17. The maximum atomic E-state index is 12.5. The third kappa shape index (κ3) is 4.30. The van der Waals surface area contributed by atoms with Crippen LogP contribution < -0.4 is 10.6 Å². The van der Waals surface area contributed by atoms with E-state index in [0.29, 0.717) is 17.9 Å². The molecule has 128 valence electrons. The summed E-state index contributed by atoms with van der Waals surface area (Å²) in [5.41, 5.74) is 1.95. The number of amides is 1. The van der Waals surface area contributed by atoms with Crippen molar-refractivity contribution in [1.82, 2.24) is 9.97 Å². The van der Waals surface area contributed by atoms with Crippen LogP contribution in [-0.4, -0.2) is 36.1 Å². The highest BCUT2D eigenvalue weighted by molar-refractivity contribution is 6.08. The number of nitrogens with zero attached hydrogens (tertiary/aromatic N) is 2. The molecule has 0 aliphatic rings. The molecule has 0 atom stereocenters. The molecule has 3 rings (SSSR count). The Morgan fingerprint density at radius 1 is 1.12 bits per heavy atom. The first-order valence-corrected chi connectivity index (χ1v) is 8.12. The normalized spacial score (nSPS) is 10.6. The third-order valence-corrected chi connectivity index (χ3v) is 3.74. The first-order valence-electron chi connectivity index (χ1n) is 8.12. The summed E-state index contributed by atoms with van der Waals surface area (Å²) in [6.45, 7) is 1.47. The number of anilines is 2. The third-order valence-electron chi connectivity index (χ3n) is 3.74. The number of nitrogens with one attached hydrogen (secondary N) is 2.